The molecule has 2 aromatic rings. The number of nitriles is 1. The number of carbonyl (C=O) groups is 1. The fourth-order valence-electron chi connectivity index (χ4n) is 2.87. The summed E-state index contributed by atoms with van der Waals surface area (Å²) in [4.78, 5) is 36.8. The Morgan fingerprint density at radius 2 is 2.12 bits per heavy atom. The molecule has 1 atom stereocenters. The third kappa shape index (κ3) is 3.61. The summed E-state index contributed by atoms with van der Waals surface area (Å²) in [6.07, 6.45) is 2.15. The molecule has 0 spiro atoms. The van der Waals surface area contributed by atoms with Crippen molar-refractivity contribution in [1.82, 2.24) is 20.2 Å². The van der Waals surface area contributed by atoms with Crippen molar-refractivity contribution in [3.63, 3.8) is 0 Å². The van der Waals surface area contributed by atoms with Gasteiger partial charge in [0.05, 0.1) is 0 Å². The minimum Gasteiger partial charge on any atom is -0.338 e. The molecular formula is C17H17N5O3. The van der Waals surface area contributed by atoms with Crippen molar-refractivity contribution in [2.24, 2.45) is 0 Å². The van der Waals surface area contributed by atoms with Crippen molar-refractivity contribution in [2.45, 2.75) is 18.9 Å². The average Bonchev–Trinajstić information content (AvgIpc) is 2.57. The van der Waals surface area contributed by atoms with Crippen LogP contribution in [0.5, 0.6) is 0 Å². The predicted molar refractivity (Wildman–Crippen MR) is 90.3 cm³/mol. The number of hydrogen-bond acceptors (Lipinski definition) is 4. The zero-order valence-corrected chi connectivity index (χ0v) is 13.4. The van der Waals surface area contributed by atoms with E-state index in [9.17, 15) is 14.4 Å². The minimum atomic E-state index is -0.713. The fraction of sp³-hybridized carbons (Fsp3) is 0.294. The standard InChI is InChI=1S/C17H17N5O3/c18-8-13-10-22(17(25)21-15(13)23)6-5-19-16(24)20-9-12-7-11-3-1-2-4-14(11)12/h1-4,10,12H,5-7,9H2,(H2,19,20,24)(H,21,23,25). The first-order valence-corrected chi connectivity index (χ1v) is 7.92. The molecule has 0 bridgehead atoms. The first kappa shape index (κ1) is 16.5. The van der Waals surface area contributed by atoms with E-state index < -0.39 is 11.2 Å². The molecule has 1 aromatic carbocycles. The van der Waals surface area contributed by atoms with Crippen molar-refractivity contribution in [1.29, 1.82) is 5.26 Å². The Hall–Kier alpha value is -3.34. The van der Waals surface area contributed by atoms with Gasteiger partial charge in [-0.25, -0.2) is 9.59 Å². The van der Waals surface area contributed by atoms with Gasteiger partial charge in [-0.2, -0.15) is 5.26 Å². The molecule has 1 aromatic heterocycles. The Bertz CT molecular complexity index is 954. The van der Waals surface area contributed by atoms with E-state index in [4.69, 9.17) is 5.26 Å². The lowest BCUT2D eigenvalue weighted by Gasteiger charge is -2.30. The van der Waals surface area contributed by atoms with Crippen molar-refractivity contribution in [2.75, 3.05) is 13.1 Å². The number of urea groups is 1. The number of nitrogens with zero attached hydrogens (tertiary/aromatic N) is 2. The molecule has 0 aliphatic heterocycles. The van der Waals surface area contributed by atoms with Gasteiger partial charge in [-0.3, -0.25) is 14.3 Å². The van der Waals surface area contributed by atoms with Crippen molar-refractivity contribution in [3.8, 4) is 6.07 Å². The van der Waals surface area contributed by atoms with Crippen LogP contribution in [0.2, 0.25) is 0 Å². The zero-order valence-electron chi connectivity index (χ0n) is 13.4. The lowest BCUT2D eigenvalue weighted by Crippen LogP contribution is -2.42. The van der Waals surface area contributed by atoms with Gasteiger partial charge in [0.1, 0.15) is 11.6 Å². The van der Waals surface area contributed by atoms with Crippen LogP contribution in [0, 0.1) is 11.3 Å². The van der Waals surface area contributed by atoms with Crippen molar-refractivity contribution < 1.29 is 4.79 Å². The molecule has 2 amide bonds. The van der Waals surface area contributed by atoms with Gasteiger partial charge in [-0.05, 0) is 17.5 Å². The molecule has 0 fully saturated rings. The van der Waals surface area contributed by atoms with Crippen LogP contribution in [0.15, 0.2) is 40.1 Å². The maximum atomic E-state index is 11.8. The lowest BCUT2D eigenvalue weighted by molar-refractivity contribution is 0.239. The second-order valence-electron chi connectivity index (χ2n) is 5.84. The fourth-order valence-corrected chi connectivity index (χ4v) is 2.87. The van der Waals surface area contributed by atoms with E-state index in [2.05, 4.69) is 27.8 Å². The molecule has 1 heterocycles. The van der Waals surface area contributed by atoms with Crippen LogP contribution in [0.3, 0.4) is 0 Å². The SMILES string of the molecule is N#Cc1cn(CCNC(=O)NCC2Cc3ccccc32)c(=O)[nH]c1=O. The highest BCUT2D eigenvalue weighted by atomic mass is 16.2. The molecule has 3 N–H and O–H groups in total. The van der Waals surface area contributed by atoms with Gasteiger partial charge < -0.3 is 10.6 Å². The summed E-state index contributed by atoms with van der Waals surface area (Å²) in [5, 5.41) is 14.3. The molecular weight excluding hydrogens is 322 g/mol. The molecule has 8 nitrogen and oxygen atoms in total. The van der Waals surface area contributed by atoms with Crippen LogP contribution in [-0.4, -0.2) is 28.7 Å². The highest BCUT2D eigenvalue weighted by Gasteiger charge is 2.25. The summed E-state index contributed by atoms with van der Waals surface area (Å²) < 4.78 is 1.18. The van der Waals surface area contributed by atoms with Crippen LogP contribution in [0.1, 0.15) is 22.6 Å². The number of hydrogen-bond donors (Lipinski definition) is 3. The Labute approximate surface area is 143 Å². The van der Waals surface area contributed by atoms with Crippen LogP contribution in [-0.2, 0) is 13.0 Å². The van der Waals surface area contributed by atoms with Crippen LogP contribution < -0.4 is 21.9 Å². The monoisotopic (exact) mass is 339 g/mol. The normalized spacial score (nSPS) is 14.8. The van der Waals surface area contributed by atoms with E-state index in [0.29, 0.717) is 12.5 Å². The number of aromatic nitrogens is 2. The highest BCUT2D eigenvalue weighted by Crippen LogP contribution is 2.33. The molecule has 3 rings (SSSR count). The van der Waals surface area contributed by atoms with Gasteiger partial charge in [0.2, 0.25) is 0 Å². The van der Waals surface area contributed by atoms with E-state index in [1.807, 2.05) is 12.1 Å². The summed E-state index contributed by atoms with van der Waals surface area (Å²) in [5.74, 6) is 0.335. The minimum absolute atomic E-state index is 0.146. The molecule has 1 aliphatic carbocycles. The van der Waals surface area contributed by atoms with E-state index in [1.54, 1.807) is 6.07 Å². The number of fused-ring (bicyclic) bond motifs is 1. The third-order valence-corrected chi connectivity index (χ3v) is 4.24. The maximum absolute atomic E-state index is 11.8. The number of aromatic amines is 1. The molecule has 128 valence electrons. The van der Waals surface area contributed by atoms with Gasteiger partial charge in [-0.1, -0.05) is 24.3 Å². The Morgan fingerprint density at radius 3 is 2.88 bits per heavy atom. The van der Waals surface area contributed by atoms with E-state index in [-0.39, 0.29) is 24.7 Å². The zero-order chi connectivity index (χ0) is 17.8. The van der Waals surface area contributed by atoms with Crippen LogP contribution in [0.25, 0.3) is 0 Å². The van der Waals surface area contributed by atoms with Crippen LogP contribution in [0.4, 0.5) is 4.79 Å². The summed E-state index contributed by atoms with van der Waals surface area (Å²) in [5.41, 5.74) is 1.12. The molecule has 25 heavy (non-hydrogen) atoms. The molecule has 1 unspecified atom stereocenters. The molecule has 0 radical (unpaired) electrons. The summed E-state index contributed by atoms with van der Waals surface area (Å²) in [6, 6.07) is 9.54. The number of benzene rings is 1. The van der Waals surface area contributed by atoms with Crippen molar-refractivity contribution >= 4 is 6.03 Å². The van der Waals surface area contributed by atoms with E-state index >= 15 is 0 Å². The van der Waals surface area contributed by atoms with Gasteiger partial charge >= 0.3 is 11.7 Å². The Kier molecular flexibility index (Phi) is 4.66. The van der Waals surface area contributed by atoms with E-state index in [0.717, 1.165) is 6.42 Å². The first-order valence-electron chi connectivity index (χ1n) is 7.92. The largest absolute Gasteiger partial charge is 0.338 e. The highest BCUT2D eigenvalue weighted by molar-refractivity contribution is 5.73. The average molecular weight is 339 g/mol. The first-order chi connectivity index (χ1) is 12.1. The smallest absolute Gasteiger partial charge is 0.328 e. The van der Waals surface area contributed by atoms with Crippen LogP contribution >= 0.6 is 0 Å². The second kappa shape index (κ2) is 7.05. The Balaban J connectivity index is 1.45. The van der Waals surface area contributed by atoms with E-state index in [1.165, 1.54) is 21.9 Å². The molecule has 1 aliphatic rings. The maximum Gasteiger partial charge on any atom is 0.328 e. The summed E-state index contributed by atoms with van der Waals surface area (Å²) >= 11 is 0. The lowest BCUT2D eigenvalue weighted by atomic mass is 9.78. The Morgan fingerprint density at radius 1 is 1.32 bits per heavy atom. The van der Waals surface area contributed by atoms with Gasteiger partial charge in [0.15, 0.2) is 0 Å². The number of carbonyl (C=O) groups excluding carboxylic acids is 1. The van der Waals surface area contributed by atoms with Gasteiger partial charge in [0.25, 0.3) is 5.56 Å². The molecule has 0 saturated heterocycles. The topological polar surface area (TPSA) is 120 Å². The number of amides is 2. The van der Waals surface area contributed by atoms with Crippen molar-refractivity contribution in [3.05, 3.63) is 68.0 Å². The number of nitrogens with one attached hydrogen (secondary N) is 3. The second-order valence-corrected chi connectivity index (χ2v) is 5.84. The number of H-pyrrole nitrogens is 1. The summed E-state index contributed by atoms with van der Waals surface area (Å²) in [6.45, 7) is 0.911. The summed E-state index contributed by atoms with van der Waals surface area (Å²) in [7, 11) is 0. The third-order valence-electron chi connectivity index (χ3n) is 4.24. The van der Waals surface area contributed by atoms with Gasteiger partial charge in [0, 0.05) is 31.7 Å². The molecule has 0 saturated carbocycles. The predicted octanol–water partition coefficient (Wildman–Crippen LogP) is 0.0474. The number of rotatable bonds is 5. The van der Waals surface area contributed by atoms with Gasteiger partial charge in [-0.15, -0.1) is 0 Å². The molecule has 8 heteroatoms. The quantitative estimate of drug-likeness (QED) is 0.713.